The van der Waals surface area contributed by atoms with Crippen LogP contribution in [0.1, 0.15) is 57.2 Å². The Balaban J connectivity index is 1.57. The van der Waals surface area contributed by atoms with Crippen LogP contribution in [0.25, 0.3) is 10.1 Å². The number of aliphatic hydroxyl groups is 2. The predicted octanol–water partition coefficient (Wildman–Crippen LogP) is 4.99. The average molecular weight is 459 g/mol. The molecule has 4 atom stereocenters. The number of benzene rings is 1. The fraction of sp³-hybridized carbons (Fsp3) is 0.538. The number of thiophene rings is 1. The molecule has 6 heteroatoms. The highest BCUT2D eigenvalue weighted by atomic mass is 32.1. The normalized spacial score (nSPS) is 23.9. The van der Waals surface area contributed by atoms with Gasteiger partial charge in [0.2, 0.25) is 0 Å². The molecular formula is C26H34O5S. The molecule has 3 rings (SSSR count). The summed E-state index contributed by atoms with van der Waals surface area (Å²) < 4.78 is 1.21. The smallest absolute Gasteiger partial charge is 0.303 e. The molecule has 1 aromatic carbocycles. The summed E-state index contributed by atoms with van der Waals surface area (Å²) >= 11 is 1.69. The summed E-state index contributed by atoms with van der Waals surface area (Å²) in [5.41, 5.74) is -0.789. The van der Waals surface area contributed by atoms with Gasteiger partial charge in [-0.25, -0.2) is 0 Å². The SMILES string of the molecule is CC1(C)C(=O)C(C/C=C\CCCC(=O)O)C(CCC(O)Cc2cc3ccccc3s2)C1O. The lowest BCUT2D eigenvalue weighted by Crippen LogP contribution is -2.32. The van der Waals surface area contributed by atoms with Gasteiger partial charge < -0.3 is 15.3 Å². The second kappa shape index (κ2) is 10.7. The molecule has 1 aliphatic carbocycles. The number of carboxylic acid groups (broad SMARTS) is 1. The molecule has 3 N–H and O–H groups in total. The number of carboxylic acids is 1. The van der Waals surface area contributed by atoms with Gasteiger partial charge in [0.15, 0.2) is 0 Å². The molecule has 0 amide bonds. The van der Waals surface area contributed by atoms with Gasteiger partial charge in [-0.1, -0.05) is 44.2 Å². The highest BCUT2D eigenvalue weighted by Crippen LogP contribution is 2.46. The zero-order valence-corrected chi connectivity index (χ0v) is 19.7. The quantitative estimate of drug-likeness (QED) is 0.326. The largest absolute Gasteiger partial charge is 0.481 e. The molecule has 1 fully saturated rings. The first-order chi connectivity index (χ1) is 15.2. The second-order valence-electron chi connectivity index (χ2n) is 9.48. The van der Waals surface area contributed by atoms with Crippen LogP contribution < -0.4 is 0 Å². The molecule has 2 aromatic rings. The van der Waals surface area contributed by atoms with Crippen LogP contribution in [0.5, 0.6) is 0 Å². The number of hydrogen-bond donors (Lipinski definition) is 3. The van der Waals surface area contributed by atoms with Crippen LogP contribution in [0, 0.1) is 17.3 Å². The van der Waals surface area contributed by atoms with Crippen molar-refractivity contribution in [2.24, 2.45) is 17.3 Å². The number of aliphatic hydroxyl groups excluding tert-OH is 2. The highest BCUT2D eigenvalue weighted by molar-refractivity contribution is 7.19. The lowest BCUT2D eigenvalue weighted by molar-refractivity contribution is -0.137. The molecule has 1 aliphatic rings. The van der Waals surface area contributed by atoms with E-state index in [0.717, 1.165) is 4.88 Å². The van der Waals surface area contributed by atoms with Crippen LogP contribution in [0.15, 0.2) is 42.5 Å². The molecule has 0 bridgehead atoms. The van der Waals surface area contributed by atoms with E-state index in [0.29, 0.717) is 38.5 Å². The number of carbonyl (C=O) groups excluding carboxylic acids is 1. The van der Waals surface area contributed by atoms with Gasteiger partial charge >= 0.3 is 5.97 Å². The third-order valence-corrected chi connectivity index (χ3v) is 7.84. The fourth-order valence-corrected chi connectivity index (χ4v) is 5.94. The van der Waals surface area contributed by atoms with Crippen molar-refractivity contribution in [3.63, 3.8) is 0 Å². The number of rotatable bonds is 11. The third kappa shape index (κ3) is 5.85. The molecule has 0 saturated heterocycles. The van der Waals surface area contributed by atoms with E-state index in [1.807, 2.05) is 24.3 Å². The molecule has 0 radical (unpaired) electrons. The first-order valence-electron chi connectivity index (χ1n) is 11.4. The Morgan fingerprint density at radius 3 is 2.72 bits per heavy atom. The number of fused-ring (bicyclic) bond motifs is 1. The zero-order valence-electron chi connectivity index (χ0n) is 18.9. The van der Waals surface area contributed by atoms with E-state index < -0.39 is 23.6 Å². The number of hydrogen-bond acceptors (Lipinski definition) is 5. The second-order valence-corrected chi connectivity index (χ2v) is 10.6. The van der Waals surface area contributed by atoms with E-state index in [2.05, 4.69) is 18.2 Å². The Kier molecular flexibility index (Phi) is 8.26. The monoisotopic (exact) mass is 458 g/mol. The maximum Gasteiger partial charge on any atom is 0.303 e. The lowest BCUT2D eigenvalue weighted by Gasteiger charge is -2.25. The lowest BCUT2D eigenvalue weighted by atomic mass is 9.85. The van der Waals surface area contributed by atoms with Crippen molar-refractivity contribution in [3.05, 3.63) is 47.4 Å². The summed E-state index contributed by atoms with van der Waals surface area (Å²) in [7, 11) is 0. The molecule has 1 saturated carbocycles. The van der Waals surface area contributed by atoms with Crippen LogP contribution in [0.3, 0.4) is 0 Å². The maximum atomic E-state index is 13.0. The van der Waals surface area contributed by atoms with Crippen molar-refractivity contribution >= 4 is 33.2 Å². The number of carbonyl (C=O) groups is 2. The van der Waals surface area contributed by atoms with Gasteiger partial charge in [0.25, 0.3) is 0 Å². The van der Waals surface area contributed by atoms with E-state index in [-0.39, 0.29) is 24.0 Å². The Hall–Kier alpha value is -2.02. The topological polar surface area (TPSA) is 94.8 Å². The number of allylic oxidation sites excluding steroid dienone is 2. The van der Waals surface area contributed by atoms with Gasteiger partial charge in [0.1, 0.15) is 5.78 Å². The van der Waals surface area contributed by atoms with Crippen LogP contribution >= 0.6 is 11.3 Å². The maximum absolute atomic E-state index is 13.0. The molecule has 1 heterocycles. The van der Waals surface area contributed by atoms with Crippen LogP contribution in [-0.2, 0) is 16.0 Å². The Labute approximate surface area is 193 Å². The van der Waals surface area contributed by atoms with Gasteiger partial charge in [0.05, 0.1) is 12.2 Å². The molecule has 0 spiro atoms. The van der Waals surface area contributed by atoms with E-state index in [4.69, 9.17) is 5.11 Å². The summed E-state index contributed by atoms with van der Waals surface area (Å²) in [6.07, 6.45) is 6.27. The molecule has 5 nitrogen and oxygen atoms in total. The number of ketones is 1. The molecule has 1 aromatic heterocycles. The minimum absolute atomic E-state index is 0.0733. The Morgan fingerprint density at radius 1 is 1.25 bits per heavy atom. The third-order valence-electron chi connectivity index (χ3n) is 6.70. The fourth-order valence-electron chi connectivity index (χ4n) is 4.80. The van der Waals surface area contributed by atoms with Crippen molar-refractivity contribution in [3.8, 4) is 0 Å². The van der Waals surface area contributed by atoms with Gasteiger partial charge in [-0.15, -0.1) is 11.3 Å². The summed E-state index contributed by atoms with van der Waals surface area (Å²) in [6, 6.07) is 10.3. The van der Waals surface area contributed by atoms with Gasteiger partial charge in [-0.3, -0.25) is 9.59 Å². The van der Waals surface area contributed by atoms with E-state index in [1.54, 1.807) is 25.2 Å². The van der Waals surface area contributed by atoms with Crippen molar-refractivity contribution in [2.75, 3.05) is 0 Å². The molecule has 174 valence electrons. The van der Waals surface area contributed by atoms with E-state index in [9.17, 15) is 19.8 Å². The van der Waals surface area contributed by atoms with E-state index in [1.165, 1.54) is 10.1 Å². The first kappa shape index (κ1) is 24.6. The number of unbranched alkanes of at least 4 members (excludes halogenated alkanes) is 1. The Morgan fingerprint density at radius 2 is 2.00 bits per heavy atom. The van der Waals surface area contributed by atoms with Gasteiger partial charge in [-0.2, -0.15) is 0 Å². The van der Waals surface area contributed by atoms with Crippen molar-refractivity contribution in [1.29, 1.82) is 0 Å². The number of aliphatic carboxylic acids is 1. The summed E-state index contributed by atoms with van der Waals surface area (Å²) in [6.45, 7) is 3.61. The first-order valence-corrected chi connectivity index (χ1v) is 12.3. The minimum Gasteiger partial charge on any atom is -0.481 e. The Bertz CT molecular complexity index is 927. The van der Waals surface area contributed by atoms with Crippen LogP contribution in [0.2, 0.25) is 0 Å². The van der Waals surface area contributed by atoms with Crippen LogP contribution in [0.4, 0.5) is 0 Å². The van der Waals surface area contributed by atoms with Crippen molar-refractivity contribution in [2.45, 2.75) is 71.0 Å². The molecule has 32 heavy (non-hydrogen) atoms. The van der Waals surface area contributed by atoms with Crippen molar-refractivity contribution < 1.29 is 24.9 Å². The summed E-state index contributed by atoms with van der Waals surface area (Å²) in [5.74, 6) is -1.18. The molecule has 4 unspecified atom stereocenters. The van der Waals surface area contributed by atoms with E-state index >= 15 is 0 Å². The molecular weight excluding hydrogens is 424 g/mol. The predicted molar refractivity (Wildman–Crippen MR) is 128 cm³/mol. The summed E-state index contributed by atoms with van der Waals surface area (Å²) in [5, 5.41) is 31.4. The molecule has 0 aliphatic heterocycles. The summed E-state index contributed by atoms with van der Waals surface area (Å²) in [4.78, 5) is 24.7. The van der Waals surface area contributed by atoms with Crippen molar-refractivity contribution in [1.82, 2.24) is 0 Å². The highest BCUT2D eigenvalue weighted by Gasteiger charge is 2.53. The zero-order chi connectivity index (χ0) is 23.3. The average Bonchev–Trinajstić information content (AvgIpc) is 3.21. The standard InChI is InChI=1S/C26H34O5S/c1-26(2)24(30)20(10-5-3-4-6-12-23(28)29)21(25(26)31)14-13-18(27)16-19-15-17-9-7-8-11-22(17)32-19/h3,5,7-9,11,15,18,20-21,25,27,31H,4,6,10,12-14,16H2,1-2H3,(H,28,29)/b5-3-. The van der Waals surface area contributed by atoms with Gasteiger partial charge in [0, 0.05) is 33.8 Å². The van der Waals surface area contributed by atoms with Crippen LogP contribution in [-0.4, -0.2) is 39.3 Å². The minimum atomic E-state index is -0.802. The van der Waals surface area contributed by atoms with Gasteiger partial charge in [-0.05, 0) is 55.5 Å². The number of Topliss-reactive ketones (excluding diaryl/α,β-unsaturated/α-hetero) is 1.